The molecule has 7 heteroatoms. The molecule has 6 nitrogen and oxygen atoms in total. The van der Waals surface area contributed by atoms with E-state index in [4.69, 9.17) is 19.2 Å². The monoisotopic (exact) mass is 452 g/mol. The van der Waals surface area contributed by atoms with E-state index in [1.807, 2.05) is 59.7 Å². The highest BCUT2D eigenvalue weighted by Gasteiger charge is 2.31. The van der Waals surface area contributed by atoms with Crippen molar-refractivity contribution in [3.05, 3.63) is 58.4 Å². The average molecular weight is 453 g/mol. The van der Waals surface area contributed by atoms with Crippen molar-refractivity contribution in [3.63, 3.8) is 0 Å². The maximum atomic E-state index is 12.9. The predicted octanol–water partition coefficient (Wildman–Crippen LogP) is 4.89. The maximum Gasteiger partial charge on any atom is 0.267 e. The third-order valence-corrected chi connectivity index (χ3v) is 6.23. The van der Waals surface area contributed by atoms with E-state index in [1.165, 1.54) is 0 Å². The zero-order chi connectivity index (χ0) is 22.5. The van der Waals surface area contributed by atoms with Crippen molar-refractivity contribution >= 4 is 22.9 Å². The summed E-state index contributed by atoms with van der Waals surface area (Å²) in [7, 11) is 1.69. The summed E-state index contributed by atoms with van der Waals surface area (Å²) < 4.78 is 16.9. The molecule has 0 aliphatic carbocycles. The summed E-state index contributed by atoms with van der Waals surface area (Å²) in [6, 6.07) is 13.9. The highest BCUT2D eigenvalue weighted by atomic mass is 32.1. The fraction of sp³-hybridized carbons (Fsp3) is 0.360. The van der Waals surface area contributed by atoms with Crippen molar-refractivity contribution in [2.45, 2.75) is 32.8 Å². The molecule has 1 amide bonds. The largest absolute Gasteiger partial charge is 0.494 e. The van der Waals surface area contributed by atoms with Crippen molar-refractivity contribution in [2.24, 2.45) is 0 Å². The Labute approximate surface area is 192 Å². The molecule has 0 spiro atoms. The Hall–Kier alpha value is -2.90. The molecule has 1 unspecified atom stereocenters. The molecular formula is C25H28N2O4S. The zero-order valence-electron chi connectivity index (χ0n) is 18.7. The van der Waals surface area contributed by atoms with E-state index in [-0.39, 0.29) is 5.91 Å². The first-order chi connectivity index (χ1) is 15.5. The molecular weight excluding hydrogens is 424 g/mol. The highest BCUT2D eigenvalue weighted by molar-refractivity contribution is 7.09. The topological polar surface area (TPSA) is 60.9 Å². The van der Waals surface area contributed by atoms with E-state index in [0.29, 0.717) is 26.2 Å². The van der Waals surface area contributed by atoms with Gasteiger partial charge >= 0.3 is 0 Å². The first kappa shape index (κ1) is 22.3. The summed E-state index contributed by atoms with van der Waals surface area (Å²) in [5.74, 6) is 1.53. The minimum absolute atomic E-state index is 0.0377. The number of rotatable bonds is 9. The lowest BCUT2D eigenvalue weighted by Gasteiger charge is -2.33. The van der Waals surface area contributed by atoms with Gasteiger partial charge in [-0.2, -0.15) is 0 Å². The normalized spacial score (nSPS) is 15.4. The van der Waals surface area contributed by atoms with Crippen LogP contribution >= 0.6 is 11.3 Å². The number of anilines is 1. The second kappa shape index (κ2) is 10.1. The fourth-order valence-corrected chi connectivity index (χ4v) is 4.45. The van der Waals surface area contributed by atoms with Gasteiger partial charge in [0.15, 0.2) is 6.10 Å². The van der Waals surface area contributed by atoms with Crippen LogP contribution in [0.25, 0.3) is 11.3 Å². The van der Waals surface area contributed by atoms with Crippen molar-refractivity contribution in [1.29, 1.82) is 0 Å². The van der Waals surface area contributed by atoms with Crippen LogP contribution in [0.1, 0.15) is 23.9 Å². The summed E-state index contributed by atoms with van der Waals surface area (Å²) >= 11 is 1.62. The SMILES string of the molecule is COCCc1nc(-c2ccc3c(c2)N(CCCOc2cccc(C)c2)C(=O)C(C)O3)cs1. The van der Waals surface area contributed by atoms with E-state index >= 15 is 0 Å². The molecule has 168 valence electrons. The number of thiazole rings is 1. The average Bonchev–Trinajstić information content (AvgIpc) is 3.26. The standard InChI is InChI=1S/C25H28N2O4S/c1-17-6-4-7-20(14-17)30-12-5-11-27-22-15-19(8-9-23(22)31-18(2)25(27)28)21-16-32-24(26-21)10-13-29-3/h4,6-9,14-16,18H,5,10-13H2,1-3H3. The van der Waals surface area contributed by atoms with Gasteiger partial charge in [-0.05, 0) is 56.2 Å². The molecule has 1 aliphatic rings. The van der Waals surface area contributed by atoms with Crippen LogP contribution in [0, 0.1) is 6.92 Å². The molecule has 1 atom stereocenters. The molecule has 0 N–H and O–H groups in total. The Morgan fingerprint density at radius 1 is 1.19 bits per heavy atom. The summed E-state index contributed by atoms with van der Waals surface area (Å²) in [5.41, 5.74) is 3.81. The zero-order valence-corrected chi connectivity index (χ0v) is 19.5. The van der Waals surface area contributed by atoms with Gasteiger partial charge in [0.05, 0.1) is 29.6 Å². The van der Waals surface area contributed by atoms with Crippen LogP contribution in [0.4, 0.5) is 5.69 Å². The summed E-state index contributed by atoms with van der Waals surface area (Å²) in [4.78, 5) is 19.4. The van der Waals surface area contributed by atoms with Crippen LogP contribution in [0.3, 0.4) is 0 Å². The van der Waals surface area contributed by atoms with Crippen molar-refractivity contribution < 1.29 is 19.0 Å². The van der Waals surface area contributed by atoms with Gasteiger partial charge in [0.1, 0.15) is 11.5 Å². The maximum absolute atomic E-state index is 12.9. The molecule has 0 fully saturated rings. The van der Waals surface area contributed by atoms with Gasteiger partial charge in [-0.3, -0.25) is 4.79 Å². The Morgan fingerprint density at radius 3 is 2.88 bits per heavy atom. The molecule has 1 aromatic heterocycles. The number of nitrogens with zero attached hydrogens (tertiary/aromatic N) is 2. The highest BCUT2D eigenvalue weighted by Crippen LogP contribution is 2.38. The van der Waals surface area contributed by atoms with Crippen molar-refractivity contribution in [2.75, 3.05) is 31.8 Å². The van der Waals surface area contributed by atoms with Gasteiger partial charge in [-0.1, -0.05) is 12.1 Å². The second-order valence-corrected chi connectivity index (χ2v) is 8.76. The van der Waals surface area contributed by atoms with Gasteiger partial charge in [-0.25, -0.2) is 4.98 Å². The van der Waals surface area contributed by atoms with Gasteiger partial charge < -0.3 is 19.1 Å². The molecule has 4 rings (SSSR count). The Balaban J connectivity index is 1.48. The number of ether oxygens (including phenoxy) is 3. The van der Waals surface area contributed by atoms with E-state index < -0.39 is 6.10 Å². The lowest BCUT2D eigenvalue weighted by Crippen LogP contribution is -2.45. The van der Waals surface area contributed by atoms with Crippen LogP contribution in [0.5, 0.6) is 11.5 Å². The third kappa shape index (κ3) is 5.11. The van der Waals surface area contributed by atoms with E-state index in [1.54, 1.807) is 25.4 Å². The smallest absolute Gasteiger partial charge is 0.267 e. The van der Waals surface area contributed by atoms with E-state index in [0.717, 1.165) is 45.4 Å². The van der Waals surface area contributed by atoms with Crippen LogP contribution in [0.2, 0.25) is 0 Å². The molecule has 0 saturated carbocycles. The molecule has 2 heterocycles. The number of fused-ring (bicyclic) bond motifs is 1. The molecule has 0 saturated heterocycles. The van der Waals surface area contributed by atoms with Gasteiger partial charge in [0.25, 0.3) is 5.91 Å². The number of aromatic nitrogens is 1. The minimum atomic E-state index is -0.508. The number of amides is 1. The molecule has 1 aliphatic heterocycles. The number of methoxy groups -OCH3 is 1. The number of carbonyl (C=O) groups is 1. The predicted molar refractivity (Wildman–Crippen MR) is 127 cm³/mol. The van der Waals surface area contributed by atoms with E-state index in [9.17, 15) is 4.79 Å². The summed E-state index contributed by atoms with van der Waals surface area (Å²) in [6.07, 6.45) is 0.998. The first-order valence-electron chi connectivity index (χ1n) is 10.8. The van der Waals surface area contributed by atoms with E-state index in [2.05, 4.69) is 0 Å². The first-order valence-corrected chi connectivity index (χ1v) is 11.7. The third-order valence-electron chi connectivity index (χ3n) is 5.32. The van der Waals surface area contributed by atoms with Crippen molar-refractivity contribution in [1.82, 2.24) is 4.98 Å². The van der Waals surface area contributed by atoms with Crippen LogP contribution in [-0.4, -0.2) is 43.9 Å². The molecule has 3 aromatic rings. The Morgan fingerprint density at radius 2 is 2.06 bits per heavy atom. The molecule has 2 aromatic carbocycles. The second-order valence-electron chi connectivity index (χ2n) is 7.82. The number of aryl methyl sites for hydroxylation is 1. The Kier molecular flexibility index (Phi) is 7.07. The summed E-state index contributed by atoms with van der Waals surface area (Å²) in [6.45, 7) is 5.57. The molecule has 0 radical (unpaired) electrons. The van der Waals surface area contributed by atoms with Crippen molar-refractivity contribution in [3.8, 4) is 22.8 Å². The fourth-order valence-electron chi connectivity index (χ4n) is 3.66. The lowest BCUT2D eigenvalue weighted by molar-refractivity contribution is -0.125. The molecule has 0 bridgehead atoms. The lowest BCUT2D eigenvalue weighted by atomic mass is 10.1. The number of hydrogen-bond donors (Lipinski definition) is 0. The van der Waals surface area contributed by atoms with Gasteiger partial charge in [0.2, 0.25) is 0 Å². The van der Waals surface area contributed by atoms with Crippen LogP contribution in [-0.2, 0) is 16.0 Å². The Bertz CT molecular complexity index is 1080. The number of hydrogen-bond acceptors (Lipinski definition) is 6. The van der Waals surface area contributed by atoms with Crippen LogP contribution in [0.15, 0.2) is 47.8 Å². The van der Waals surface area contributed by atoms with Gasteiger partial charge in [-0.15, -0.1) is 11.3 Å². The van der Waals surface area contributed by atoms with Crippen LogP contribution < -0.4 is 14.4 Å². The quantitative estimate of drug-likeness (QED) is 0.433. The number of benzene rings is 2. The minimum Gasteiger partial charge on any atom is -0.494 e. The molecule has 32 heavy (non-hydrogen) atoms. The van der Waals surface area contributed by atoms with Gasteiger partial charge in [0, 0.05) is 31.0 Å². The summed E-state index contributed by atoms with van der Waals surface area (Å²) in [5, 5.41) is 3.08. The number of carbonyl (C=O) groups excluding carboxylic acids is 1.